The van der Waals surface area contributed by atoms with E-state index in [-0.39, 0.29) is 28.5 Å². The fourth-order valence-corrected chi connectivity index (χ4v) is 2.44. The normalized spacial score (nSPS) is 11.2. The number of rotatable bonds is 5. The highest BCUT2D eigenvalue weighted by Crippen LogP contribution is 2.29. The summed E-state index contributed by atoms with van der Waals surface area (Å²) in [7, 11) is 1.50. The van der Waals surface area contributed by atoms with Gasteiger partial charge in [0, 0.05) is 10.9 Å². The molecule has 0 radical (unpaired) electrons. The number of nitrogens with one attached hydrogen (secondary N) is 2. The molecular weight excluding hydrogens is 312 g/mol. The minimum absolute atomic E-state index is 0.0974. The smallest absolute Gasteiger partial charge is 0.253 e. The van der Waals surface area contributed by atoms with Gasteiger partial charge in [-0.25, -0.2) is 0 Å². The zero-order chi connectivity index (χ0) is 18.4. The van der Waals surface area contributed by atoms with Crippen LogP contribution in [0.3, 0.4) is 0 Å². The largest absolute Gasteiger partial charge is 0.512 e. The molecule has 1 heterocycles. The molecule has 7 N–H and O–H groups in total. The van der Waals surface area contributed by atoms with Crippen LogP contribution in [0.2, 0.25) is 0 Å². The first-order valence-corrected chi connectivity index (χ1v) is 7.01. The van der Waals surface area contributed by atoms with Gasteiger partial charge in [-0.2, -0.15) is 0 Å². The van der Waals surface area contributed by atoms with Crippen LogP contribution in [0.25, 0.3) is 16.5 Å². The number of ketones is 1. The molecule has 0 atom stereocenters. The van der Waals surface area contributed by atoms with Crippen LogP contribution in [0.4, 0.5) is 5.82 Å². The molecule has 24 heavy (non-hydrogen) atoms. The molecule has 0 saturated carbocycles. The lowest BCUT2D eigenvalue weighted by molar-refractivity contribution is -0.112. The summed E-state index contributed by atoms with van der Waals surface area (Å²) in [5, 5.41) is 12.5. The Morgan fingerprint density at radius 1 is 1.25 bits per heavy atom. The van der Waals surface area contributed by atoms with Crippen molar-refractivity contribution in [1.82, 2.24) is 4.98 Å². The quantitative estimate of drug-likeness (QED) is 0.317. The number of hydrogen-bond donors (Lipinski definition) is 5. The van der Waals surface area contributed by atoms with Crippen LogP contribution in [0.15, 0.2) is 24.0 Å². The Hall–Kier alpha value is -3.13. The van der Waals surface area contributed by atoms with E-state index in [0.717, 1.165) is 0 Å². The van der Waals surface area contributed by atoms with Gasteiger partial charge in [-0.15, -0.1) is 0 Å². The van der Waals surface area contributed by atoms with E-state index < -0.39 is 5.91 Å². The first-order valence-electron chi connectivity index (χ1n) is 7.01. The molecule has 1 aromatic heterocycles. The highest BCUT2D eigenvalue weighted by atomic mass is 16.3. The maximum Gasteiger partial charge on any atom is 0.253 e. The third kappa shape index (κ3) is 3.61. The highest BCUT2D eigenvalue weighted by molar-refractivity contribution is 6.21. The summed E-state index contributed by atoms with van der Waals surface area (Å²) in [6.07, 6.45) is 0.427. The lowest BCUT2D eigenvalue weighted by Crippen LogP contribution is -2.13. The zero-order valence-corrected chi connectivity index (χ0v) is 13.6. The molecule has 0 saturated heterocycles. The second-order valence-corrected chi connectivity index (χ2v) is 4.78. The lowest BCUT2D eigenvalue weighted by Gasteiger charge is -2.05. The maximum atomic E-state index is 11.6. The van der Waals surface area contributed by atoms with Crippen molar-refractivity contribution in [2.75, 3.05) is 12.4 Å². The minimum Gasteiger partial charge on any atom is -0.512 e. The van der Waals surface area contributed by atoms with Gasteiger partial charge in [0.15, 0.2) is 5.78 Å². The Kier molecular flexibility index (Phi) is 6.25. The fraction of sp³-hybridized carbons (Fsp3) is 0.188. The summed E-state index contributed by atoms with van der Waals surface area (Å²) in [4.78, 5) is 36.7. The molecule has 2 rings (SSSR count). The third-order valence-electron chi connectivity index (χ3n) is 3.25. The number of allylic oxidation sites excluding steroid dienone is 2. The number of carbonyl (C=O) groups excluding carboxylic acids is 3. The van der Waals surface area contributed by atoms with E-state index in [0.29, 0.717) is 22.9 Å². The molecule has 0 spiro atoms. The Morgan fingerprint density at radius 3 is 2.33 bits per heavy atom. The molecule has 0 aliphatic carbocycles. The van der Waals surface area contributed by atoms with Gasteiger partial charge in [0.2, 0.25) is 6.41 Å². The molecule has 0 fully saturated rings. The van der Waals surface area contributed by atoms with Crippen molar-refractivity contribution in [3.8, 4) is 0 Å². The van der Waals surface area contributed by atoms with Crippen molar-refractivity contribution in [2.45, 2.75) is 13.8 Å². The zero-order valence-electron chi connectivity index (χ0n) is 13.6. The van der Waals surface area contributed by atoms with Crippen LogP contribution in [0, 0.1) is 0 Å². The number of aromatic nitrogens is 1. The second kappa shape index (κ2) is 7.93. The minimum atomic E-state index is -0.691. The molecule has 2 aromatic rings. The van der Waals surface area contributed by atoms with Gasteiger partial charge in [-0.05, 0) is 32.5 Å². The van der Waals surface area contributed by atoms with Crippen molar-refractivity contribution in [3.05, 3.63) is 35.1 Å². The van der Waals surface area contributed by atoms with Crippen LogP contribution in [-0.2, 0) is 9.59 Å². The van der Waals surface area contributed by atoms with Gasteiger partial charge < -0.3 is 26.9 Å². The monoisotopic (exact) mass is 332 g/mol. The summed E-state index contributed by atoms with van der Waals surface area (Å²) in [6, 6.07) is 4.81. The Balaban J connectivity index is 0.00000139. The number of H-pyrrole nitrogens is 1. The summed E-state index contributed by atoms with van der Waals surface area (Å²) in [5.74, 6) is -0.889. The van der Waals surface area contributed by atoms with Gasteiger partial charge in [-0.3, -0.25) is 14.4 Å². The molecule has 0 aliphatic rings. The van der Waals surface area contributed by atoms with Gasteiger partial charge >= 0.3 is 0 Å². The molecule has 8 nitrogen and oxygen atoms in total. The predicted octanol–water partition coefficient (Wildman–Crippen LogP) is 1.29. The van der Waals surface area contributed by atoms with Gasteiger partial charge in [0.1, 0.15) is 11.6 Å². The van der Waals surface area contributed by atoms with E-state index in [1.807, 2.05) is 0 Å². The number of Topliss-reactive ketones (excluding diaryl/α,β-unsaturated/α-hetero) is 1. The van der Waals surface area contributed by atoms with Crippen LogP contribution in [0.5, 0.6) is 0 Å². The molecule has 128 valence electrons. The number of aliphatic hydroxyl groups is 1. The summed E-state index contributed by atoms with van der Waals surface area (Å²) in [6.45, 7) is 2.77. The summed E-state index contributed by atoms with van der Waals surface area (Å²) < 4.78 is 0. The predicted molar refractivity (Wildman–Crippen MR) is 92.5 cm³/mol. The van der Waals surface area contributed by atoms with E-state index >= 15 is 0 Å². The number of benzene rings is 1. The van der Waals surface area contributed by atoms with E-state index in [4.69, 9.17) is 5.73 Å². The highest BCUT2D eigenvalue weighted by Gasteiger charge is 2.18. The van der Waals surface area contributed by atoms with Gasteiger partial charge in [-0.1, -0.05) is 12.1 Å². The SMILES string of the molecule is CC(=O)/C(=C(/C)O)c1ccc2c(C(N)=O)c(NC=O)[nH]c2c1.CN. The van der Waals surface area contributed by atoms with E-state index in [1.54, 1.807) is 18.2 Å². The molecule has 2 amide bonds. The number of hydrogen-bond acceptors (Lipinski definition) is 5. The first-order chi connectivity index (χ1) is 11.4. The van der Waals surface area contributed by atoms with Gasteiger partial charge in [0.25, 0.3) is 5.91 Å². The number of anilines is 1. The fourth-order valence-electron chi connectivity index (χ4n) is 2.44. The van der Waals surface area contributed by atoms with Crippen molar-refractivity contribution in [2.24, 2.45) is 11.5 Å². The van der Waals surface area contributed by atoms with E-state index in [2.05, 4.69) is 16.0 Å². The first kappa shape index (κ1) is 18.9. The molecule has 1 aromatic carbocycles. The molecule has 0 bridgehead atoms. The van der Waals surface area contributed by atoms with Crippen molar-refractivity contribution >= 4 is 40.4 Å². The lowest BCUT2D eigenvalue weighted by atomic mass is 9.99. The van der Waals surface area contributed by atoms with Crippen LogP contribution in [-0.4, -0.2) is 35.2 Å². The molecular formula is C16H20N4O4. The summed E-state index contributed by atoms with van der Waals surface area (Å²) in [5.41, 5.74) is 11.2. The standard InChI is InChI=1S/C15H15N3O4.CH5N/c1-7(20)12(8(2)21)9-3-4-10-11(5-9)18-15(17-6-19)13(10)14(16)22;1-2/h3-6,18,20H,1-2H3,(H2,16,22)(H,17,19);2H2,1H3/b12-7+;. The average molecular weight is 332 g/mol. The topological polar surface area (TPSA) is 151 Å². The number of nitrogens with two attached hydrogens (primary N) is 2. The molecule has 0 aliphatic heterocycles. The van der Waals surface area contributed by atoms with E-state index in [9.17, 15) is 19.5 Å². The number of carbonyl (C=O) groups is 3. The number of amides is 2. The van der Waals surface area contributed by atoms with Gasteiger partial charge in [0.05, 0.1) is 11.1 Å². The average Bonchev–Trinajstić information content (AvgIpc) is 2.86. The van der Waals surface area contributed by atoms with E-state index in [1.165, 1.54) is 20.9 Å². The number of fused-ring (bicyclic) bond motifs is 1. The third-order valence-corrected chi connectivity index (χ3v) is 3.25. The Morgan fingerprint density at radius 2 is 1.88 bits per heavy atom. The molecule has 8 heteroatoms. The number of aliphatic hydroxyl groups excluding tert-OH is 1. The van der Waals surface area contributed by atoms with Crippen molar-refractivity contribution in [1.29, 1.82) is 0 Å². The maximum absolute atomic E-state index is 11.6. The van der Waals surface area contributed by atoms with Crippen LogP contribution < -0.4 is 16.8 Å². The number of aromatic amines is 1. The Labute approximate surface area is 138 Å². The van der Waals surface area contributed by atoms with Crippen LogP contribution >= 0.6 is 0 Å². The second-order valence-electron chi connectivity index (χ2n) is 4.78. The Bertz CT molecular complexity index is 817. The van der Waals surface area contributed by atoms with Crippen molar-refractivity contribution in [3.63, 3.8) is 0 Å². The summed E-state index contributed by atoms with van der Waals surface area (Å²) >= 11 is 0. The van der Waals surface area contributed by atoms with Crippen molar-refractivity contribution < 1.29 is 19.5 Å². The van der Waals surface area contributed by atoms with Crippen LogP contribution in [0.1, 0.15) is 29.8 Å². The molecule has 0 unspecified atom stereocenters. The number of primary amides is 1.